The van der Waals surface area contributed by atoms with Crippen molar-refractivity contribution in [1.29, 1.82) is 0 Å². The van der Waals surface area contributed by atoms with E-state index in [4.69, 9.17) is 11.6 Å². The normalized spacial score (nSPS) is 10.3. The summed E-state index contributed by atoms with van der Waals surface area (Å²) in [5.74, 6) is 0.270. The van der Waals surface area contributed by atoms with Crippen molar-refractivity contribution in [2.75, 3.05) is 10.6 Å². The number of nitrogens with zero attached hydrogens (tertiary/aromatic N) is 3. The van der Waals surface area contributed by atoms with E-state index in [0.717, 1.165) is 5.69 Å². The van der Waals surface area contributed by atoms with E-state index in [1.807, 2.05) is 30.3 Å². The molecular weight excluding hydrogens is 305 g/mol. The Morgan fingerprint density at radius 3 is 1.86 bits per heavy atom. The molecule has 5 nitrogen and oxygen atoms in total. The van der Waals surface area contributed by atoms with Gasteiger partial charge in [0.2, 0.25) is 17.2 Å². The molecule has 3 rings (SSSR count). The number of benzene rings is 2. The Morgan fingerprint density at radius 1 is 0.727 bits per heavy atom. The molecule has 7 heteroatoms. The Labute approximate surface area is 131 Å². The minimum atomic E-state index is -0.314. The lowest BCUT2D eigenvalue weighted by Gasteiger charge is -2.08. The van der Waals surface area contributed by atoms with Gasteiger partial charge in [0.1, 0.15) is 5.82 Å². The van der Waals surface area contributed by atoms with Crippen LogP contribution < -0.4 is 10.6 Å². The van der Waals surface area contributed by atoms with E-state index in [0.29, 0.717) is 11.6 Å². The summed E-state index contributed by atoms with van der Waals surface area (Å²) in [6, 6.07) is 15.3. The summed E-state index contributed by atoms with van der Waals surface area (Å²) in [6.07, 6.45) is 0. The smallest absolute Gasteiger partial charge is 0.233 e. The molecule has 0 unspecified atom stereocenters. The van der Waals surface area contributed by atoms with Crippen molar-refractivity contribution in [3.05, 3.63) is 65.7 Å². The quantitative estimate of drug-likeness (QED) is 0.757. The van der Waals surface area contributed by atoms with Gasteiger partial charge < -0.3 is 10.6 Å². The van der Waals surface area contributed by atoms with Crippen molar-refractivity contribution in [3.8, 4) is 0 Å². The highest BCUT2D eigenvalue weighted by Gasteiger charge is 2.06. The van der Waals surface area contributed by atoms with Crippen LogP contribution in [0.15, 0.2) is 54.6 Å². The van der Waals surface area contributed by atoms with Crippen molar-refractivity contribution >= 4 is 34.9 Å². The zero-order chi connectivity index (χ0) is 15.4. The highest BCUT2D eigenvalue weighted by atomic mass is 35.5. The molecule has 0 atom stereocenters. The largest absolute Gasteiger partial charge is 0.324 e. The molecule has 0 spiro atoms. The van der Waals surface area contributed by atoms with Crippen LogP contribution >= 0.6 is 11.6 Å². The second-order valence-electron chi connectivity index (χ2n) is 4.37. The molecule has 0 amide bonds. The van der Waals surface area contributed by atoms with Gasteiger partial charge in [-0.15, -0.1) is 0 Å². The van der Waals surface area contributed by atoms with Crippen LogP contribution in [0.3, 0.4) is 0 Å². The minimum Gasteiger partial charge on any atom is -0.324 e. The van der Waals surface area contributed by atoms with Gasteiger partial charge in [0, 0.05) is 11.4 Å². The monoisotopic (exact) mass is 315 g/mol. The molecule has 22 heavy (non-hydrogen) atoms. The molecule has 0 saturated heterocycles. The molecule has 1 heterocycles. The Hall–Kier alpha value is -2.73. The summed E-state index contributed by atoms with van der Waals surface area (Å²) in [5, 5.41) is 6.03. The predicted octanol–water partition coefficient (Wildman–Crippen LogP) is 4.15. The summed E-state index contributed by atoms with van der Waals surface area (Å²) in [4.78, 5) is 12.2. The molecule has 0 aliphatic heterocycles. The van der Waals surface area contributed by atoms with E-state index in [1.54, 1.807) is 12.1 Å². The molecule has 2 N–H and O–H groups in total. The zero-order valence-electron chi connectivity index (χ0n) is 11.3. The van der Waals surface area contributed by atoms with Gasteiger partial charge in [0.15, 0.2) is 0 Å². The van der Waals surface area contributed by atoms with Gasteiger partial charge in [0.25, 0.3) is 0 Å². The molecule has 110 valence electrons. The van der Waals surface area contributed by atoms with Gasteiger partial charge in [-0.2, -0.15) is 15.0 Å². The zero-order valence-corrected chi connectivity index (χ0v) is 12.0. The first kappa shape index (κ1) is 14.2. The molecule has 0 bridgehead atoms. The van der Waals surface area contributed by atoms with Crippen molar-refractivity contribution in [3.63, 3.8) is 0 Å². The Kier molecular flexibility index (Phi) is 4.11. The van der Waals surface area contributed by atoms with Crippen molar-refractivity contribution < 1.29 is 4.39 Å². The van der Waals surface area contributed by atoms with Gasteiger partial charge in [0.05, 0.1) is 0 Å². The molecule has 0 radical (unpaired) electrons. The van der Waals surface area contributed by atoms with Gasteiger partial charge in [-0.25, -0.2) is 4.39 Å². The maximum absolute atomic E-state index is 12.9. The van der Waals surface area contributed by atoms with Gasteiger partial charge in [-0.1, -0.05) is 18.2 Å². The van der Waals surface area contributed by atoms with Gasteiger partial charge in [-0.05, 0) is 48.0 Å². The fourth-order valence-corrected chi connectivity index (χ4v) is 1.93. The van der Waals surface area contributed by atoms with Crippen molar-refractivity contribution in [1.82, 2.24) is 15.0 Å². The highest BCUT2D eigenvalue weighted by Crippen LogP contribution is 2.18. The lowest BCUT2D eigenvalue weighted by atomic mass is 10.3. The van der Waals surface area contributed by atoms with E-state index >= 15 is 0 Å². The first-order chi connectivity index (χ1) is 10.7. The molecular formula is C15H11ClFN5. The number of hydrogen-bond acceptors (Lipinski definition) is 5. The van der Waals surface area contributed by atoms with E-state index in [1.165, 1.54) is 12.1 Å². The van der Waals surface area contributed by atoms with Crippen LogP contribution in [0.2, 0.25) is 5.28 Å². The average molecular weight is 316 g/mol. The molecule has 0 aliphatic rings. The molecule has 0 saturated carbocycles. The van der Waals surface area contributed by atoms with E-state index in [9.17, 15) is 4.39 Å². The second-order valence-corrected chi connectivity index (χ2v) is 4.71. The number of para-hydroxylation sites is 1. The topological polar surface area (TPSA) is 62.7 Å². The number of halogens is 2. The van der Waals surface area contributed by atoms with E-state index in [2.05, 4.69) is 25.6 Å². The molecule has 0 aliphatic carbocycles. The summed E-state index contributed by atoms with van der Waals surface area (Å²) in [5.41, 5.74) is 1.48. The third-order valence-corrected chi connectivity index (χ3v) is 2.91. The van der Waals surface area contributed by atoms with Crippen LogP contribution in [-0.4, -0.2) is 15.0 Å². The molecule has 2 aromatic carbocycles. The number of hydrogen-bond donors (Lipinski definition) is 2. The highest BCUT2D eigenvalue weighted by molar-refractivity contribution is 6.28. The summed E-state index contributed by atoms with van der Waals surface area (Å²) >= 11 is 5.91. The summed E-state index contributed by atoms with van der Waals surface area (Å²) in [6.45, 7) is 0. The first-order valence-electron chi connectivity index (χ1n) is 6.45. The van der Waals surface area contributed by atoms with Gasteiger partial charge >= 0.3 is 0 Å². The SMILES string of the molecule is Fc1ccc(Nc2nc(Cl)nc(Nc3ccccc3)n2)cc1. The maximum atomic E-state index is 12.9. The Morgan fingerprint density at radius 2 is 1.27 bits per heavy atom. The van der Waals surface area contributed by atoms with Crippen LogP contribution in [-0.2, 0) is 0 Å². The van der Waals surface area contributed by atoms with Crippen molar-refractivity contribution in [2.45, 2.75) is 0 Å². The van der Waals surface area contributed by atoms with E-state index < -0.39 is 0 Å². The lowest BCUT2D eigenvalue weighted by molar-refractivity contribution is 0.628. The Balaban J connectivity index is 1.82. The standard InChI is InChI=1S/C15H11ClFN5/c16-13-20-14(18-11-4-2-1-3-5-11)22-15(21-13)19-12-8-6-10(17)7-9-12/h1-9H,(H2,18,19,20,21,22). The average Bonchev–Trinajstić information content (AvgIpc) is 2.50. The van der Waals surface area contributed by atoms with Crippen LogP contribution in [0.4, 0.5) is 27.7 Å². The maximum Gasteiger partial charge on any atom is 0.233 e. The van der Waals surface area contributed by atoms with Crippen LogP contribution in [0.25, 0.3) is 0 Å². The summed E-state index contributed by atoms with van der Waals surface area (Å²) in [7, 11) is 0. The predicted molar refractivity (Wildman–Crippen MR) is 84.2 cm³/mol. The van der Waals surface area contributed by atoms with Crippen molar-refractivity contribution in [2.24, 2.45) is 0 Å². The van der Waals surface area contributed by atoms with Crippen LogP contribution in [0.5, 0.6) is 0 Å². The number of rotatable bonds is 4. The van der Waals surface area contributed by atoms with Crippen LogP contribution in [0.1, 0.15) is 0 Å². The fraction of sp³-hybridized carbons (Fsp3) is 0. The van der Waals surface area contributed by atoms with Crippen LogP contribution in [0, 0.1) is 5.82 Å². The lowest BCUT2D eigenvalue weighted by Crippen LogP contribution is -2.03. The third-order valence-electron chi connectivity index (χ3n) is 2.74. The third kappa shape index (κ3) is 3.67. The summed E-state index contributed by atoms with van der Waals surface area (Å²) < 4.78 is 12.9. The van der Waals surface area contributed by atoms with E-state index in [-0.39, 0.29) is 17.0 Å². The number of nitrogens with one attached hydrogen (secondary N) is 2. The Bertz CT molecular complexity index is 765. The number of aromatic nitrogens is 3. The first-order valence-corrected chi connectivity index (χ1v) is 6.83. The molecule has 3 aromatic rings. The minimum absolute atomic E-state index is 0.0537. The second kappa shape index (κ2) is 6.36. The molecule has 0 fully saturated rings. The van der Waals surface area contributed by atoms with Gasteiger partial charge in [-0.3, -0.25) is 0 Å². The number of anilines is 4. The fourth-order valence-electron chi connectivity index (χ4n) is 1.77. The molecule has 1 aromatic heterocycles.